The van der Waals surface area contributed by atoms with Gasteiger partial charge in [0.25, 0.3) is 15.9 Å². The molecule has 0 aromatic heterocycles. The fraction of sp³-hybridized carbons (Fsp3) is 0.136. The number of anilines is 2. The number of carbonyl (C=O) groups excluding carboxylic acids is 1. The Hall–Kier alpha value is -2.84. The summed E-state index contributed by atoms with van der Waals surface area (Å²) in [6, 6.07) is 18.7. The number of rotatable bonds is 7. The van der Waals surface area contributed by atoms with E-state index in [4.69, 9.17) is 4.74 Å². The largest absolute Gasteiger partial charge is 0.484 e. The molecule has 0 radical (unpaired) electrons. The molecule has 6 nitrogen and oxygen atoms in total. The first-order valence-corrected chi connectivity index (χ1v) is 11.4. The molecule has 0 aliphatic heterocycles. The van der Waals surface area contributed by atoms with Crippen molar-refractivity contribution in [1.29, 1.82) is 0 Å². The maximum atomic E-state index is 12.7. The van der Waals surface area contributed by atoms with Crippen LogP contribution in [-0.2, 0) is 14.8 Å². The van der Waals surface area contributed by atoms with Gasteiger partial charge >= 0.3 is 0 Å². The Morgan fingerprint density at radius 3 is 2.30 bits per heavy atom. The summed E-state index contributed by atoms with van der Waals surface area (Å²) in [7, 11) is -3.73. The summed E-state index contributed by atoms with van der Waals surface area (Å²) in [6.45, 7) is 3.55. The van der Waals surface area contributed by atoms with Gasteiger partial charge in [-0.05, 0) is 79.6 Å². The maximum absolute atomic E-state index is 12.7. The van der Waals surface area contributed by atoms with Crippen LogP contribution in [0.5, 0.6) is 5.75 Å². The minimum Gasteiger partial charge on any atom is -0.484 e. The SMILES string of the molecule is Cc1ccc(C)c(NS(=O)(=O)c2ccc(OCC(=O)Nc3ccc(Br)cc3)cc2)c1. The summed E-state index contributed by atoms with van der Waals surface area (Å²) in [6.07, 6.45) is 0. The summed E-state index contributed by atoms with van der Waals surface area (Å²) in [5.41, 5.74) is 3.00. The second-order valence-electron chi connectivity index (χ2n) is 6.74. The molecule has 0 unspecified atom stereocenters. The standard InChI is InChI=1S/C22H21BrN2O4S/c1-15-3-4-16(2)21(13-15)25-30(27,28)20-11-9-19(10-12-20)29-14-22(26)24-18-7-5-17(23)6-8-18/h3-13,25H,14H2,1-2H3,(H,24,26). The van der Waals surface area contributed by atoms with Crippen LogP contribution in [0.1, 0.15) is 11.1 Å². The zero-order chi connectivity index (χ0) is 21.7. The second kappa shape index (κ2) is 9.32. The molecule has 0 bridgehead atoms. The van der Waals surface area contributed by atoms with Crippen LogP contribution in [0.4, 0.5) is 11.4 Å². The Morgan fingerprint density at radius 1 is 0.967 bits per heavy atom. The van der Waals surface area contributed by atoms with Gasteiger partial charge in [-0.3, -0.25) is 9.52 Å². The van der Waals surface area contributed by atoms with Gasteiger partial charge in [0.15, 0.2) is 6.61 Å². The van der Waals surface area contributed by atoms with Crippen molar-refractivity contribution in [1.82, 2.24) is 0 Å². The molecule has 0 spiro atoms. The molecule has 0 heterocycles. The van der Waals surface area contributed by atoms with Gasteiger partial charge in [-0.1, -0.05) is 28.1 Å². The number of benzene rings is 3. The third kappa shape index (κ3) is 5.84. The molecule has 2 N–H and O–H groups in total. The predicted octanol–water partition coefficient (Wildman–Crippen LogP) is 4.88. The van der Waals surface area contributed by atoms with E-state index in [1.165, 1.54) is 24.3 Å². The molecule has 3 aromatic carbocycles. The highest BCUT2D eigenvalue weighted by Gasteiger charge is 2.15. The fourth-order valence-electron chi connectivity index (χ4n) is 2.64. The van der Waals surface area contributed by atoms with Crippen LogP contribution in [-0.4, -0.2) is 20.9 Å². The molecule has 8 heteroatoms. The van der Waals surface area contributed by atoms with E-state index in [9.17, 15) is 13.2 Å². The van der Waals surface area contributed by atoms with Crippen LogP contribution in [0.25, 0.3) is 0 Å². The summed E-state index contributed by atoms with van der Waals surface area (Å²) in [5, 5.41) is 2.72. The Morgan fingerprint density at radius 2 is 1.63 bits per heavy atom. The van der Waals surface area contributed by atoms with Crippen LogP contribution >= 0.6 is 15.9 Å². The average Bonchev–Trinajstić information content (AvgIpc) is 2.71. The van der Waals surface area contributed by atoms with E-state index in [2.05, 4.69) is 26.0 Å². The first-order valence-electron chi connectivity index (χ1n) is 9.11. The van der Waals surface area contributed by atoms with E-state index < -0.39 is 10.0 Å². The number of hydrogen-bond donors (Lipinski definition) is 2. The quantitative estimate of drug-likeness (QED) is 0.495. The summed E-state index contributed by atoms with van der Waals surface area (Å²) < 4.78 is 34.3. The number of hydrogen-bond acceptors (Lipinski definition) is 4. The molecule has 156 valence electrons. The fourth-order valence-corrected chi connectivity index (χ4v) is 4.03. The van der Waals surface area contributed by atoms with Gasteiger partial charge in [-0.2, -0.15) is 0 Å². The highest BCUT2D eigenvalue weighted by Crippen LogP contribution is 2.22. The lowest BCUT2D eigenvalue weighted by Crippen LogP contribution is -2.20. The molecule has 0 fully saturated rings. The van der Waals surface area contributed by atoms with E-state index in [1.807, 2.05) is 38.1 Å². The third-order valence-corrected chi connectivity index (χ3v) is 6.18. The van der Waals surface area contributed by atoms with Gasteiger partial charge in [0.2, 0.25) is 0 Å². The highest BCUT2D eigenvalue weighted by molar-refractivity contribution is 9.10. The molecule has 3 rings (SSSR count). The Balaban J connectivity index is 1.60. The van der Waals surface area contributed by atoms with Crippen molar-refractivity contribution in [3.05, 3.63) is 82.3 Å². The van der Waals surface area contributed by atoms with Crippen LogP contribution in [0.15, 0.2) is 76.1 Å². The number of nitrogens with one attached hydrogen (secondary N) is 2. The lowest BCUT2D eigenvalue weighted by Gasteiger charge is -2.12. The number of ether oxygens (including phenoxy) is 1. The van der Waals surface area contributed by atoms with E-state index in [1.54, 1.807) is 18.2 Å². The lowest BCUT2D eigenvalue weighted by atomic mass is 10.1. The molecule has 0 aliphatic rings. The minimum absolute atomic E-state index is 0.107. The third-order valence-electron chi connectivity index (χ3n) is 4.27. The van der Waals surface area contributed by atoms with E-state index in [-0.39, 0.29) is 17.4 Å². The minimum atomic E-state index is -3.73. The first kappa shape index (κ1) is 21.9. The molecule has 3 aromatic rings. The molecule has 0 saturated heterocycles. The second-order valence-corrected chi connectivity index (χ2v) is 9.34. The molecule has 0 aliphatic carbocycles. The molecular weight excluding hydrogens is 468 g/mol. The van der Waals surface area contributed by atoms with Gasteiger partial charge in [-0.15, -0.1) is 0 Å². The van der Waals surface area contributed by atoms with E-state index >= 15 is 0 Å². The lowest BCUT2D eigenvalue weighted by molar-refractivity contribution is -0.118. The van der Waals surface area contributed by atoms with Crippen molar-refractivity contribution in [2.45, 2.75) is 18.7 Å². The zero-order valence-corrected chi connectivity index (χ0v) is 18.9. The Labute approximate surface area is 184 Å². The van der Waals surface area contributed by atoms with Crippen molar-refractivity contribution in [3.63, 3.8) is 0 Å². The molecule has 30 heavy (non-hydrogen) atoms. The number of aryl methyl sites for hydroxylation is 2. The highest BCUT2D eigenvalue weighted by atomic mass is 79.9. The van der Waals surface area contributed by atoms with E-state index in [0.717, 1.165) is 15.6 Å². The van der Waals surface area contributed by atoms with Gasteiger partial charge in [0, 0.05) is 10.2 Å². The zero-order valence-electron chi connectivity index (χ0n) is 16.5. The number of sulfonamides is 1. The van der Waals surface area contributed by atoms with Crippen LogP contribution in [0, 0.1) is 13.8 Å². The van der Waals surface area contributed by atoms with E-state index in [0.29, 0.717) is 17.1 Å². The van der Waals surface area contributed by atoms with Crippen molar-refractivity contribution < 1.29 is 17.9 Å². The van der Waals surface area contributed by atoms with Crippen molar-refractivity contribution >= 4 is 43.2 Å². The number of carbonyl (C=O) groups is 1. The summed E-state index contributed by atoms with van der Waals surface area (Å²) in [5.74, 6) is 0.0808. The normalized spacial score (nSPS) is 11.0. The van der Waals surface area contributed by atoms with Gasteiger partial charge in [0.05, 0.1) is 10.6 Å². The van der Waals surface area contributed by atoms with Crippen LogP contribution in [0.3, 0.4) is 0 Å². The summed E-state index contributed by atoms with van der Waals surface area (Å²) in [4.78, 5) is 12.1. The number of amides is 1. The van der Waals surface area contributed by atoms with Crippen molar-refractivity contribution in [3.8, 4) is 5.75 Å². The van der Waals surface area contributed by atoms with Crippen LogP contribution < -0.4 is 14.8 Å². The van der Waals surface area contributed by atoms with Crippen molar-refractivity contribution in [2.75, 3.05) is 16.6 Å². The Kier molecular flexibility index (Phi) is 6.79. The average molecular weight is 489 g/mol. The Bertz CT molecular complexity index is 1140. The monoisotopic (exact) mass is 488 g/mol. The molecule has 0 atom stereocenters. The van der Waals surface area contributed by atoms with Gasteiger partial charge in [0.1, 0.15) is 5.75 Å². The summed E-state index contributed by atoms with van der Waals surface area (Å²) >= 11 is 3.33. The smallest absolute Gasteiger partial charge is 0.262 e. The number of halogens is 1. The molecular formula is C22H21BrN2O4S. The first-order chi connectivity index (χ1) is 14.2. The molecule has 1 amide bonds. The van der Waals surface area contributed by atoms with Crippen molar-refractivity contribution in [2.24, 2.45) is 0 Å². The van der Waals surface area contributed by atoms with Gasteiger partial charge in [-0.25, -0.2) is 8.42 Å². The van der Waals surface area contributed by atoms with Gasteiger partial charge < -0.3 is 10.1 Å². The topological polar surface area (TPSA) is 84.5 Å². The molecule has 0 saturated carbocycles. The predicted molar refractivity (Wildman–Crippen MR) is 121 cm³/mol. The maximum Gasteiger partial charge on any atom is 0.262 e. The van der Waals surface area contributed by atoms with Crippen LogP contribution in [0.2, 0.25) is 0 Å².